The molecule has 0 aromatic carbocycles. The molecule has 23 heavy (non-hydrogen) atoms. The highest BCUT2D eigenvalue weighted by Crippen LogP contribution is 2.52. The van der Waals surface area contributed by atoms with Gasteiger partial charge in [-0.1, -0.05) is 27.7 Å². The van der Waals surface area contributed by atoms with Crippen LogP contribution in [0.15, 0.2) is 17.1 Å². The SMILES string of the molecule is CC.CC(C)c1cc(C(F)(F)F)cn(C2CC3(COC3)C2)c1=O. The second-order valence-electron chi connectivity index (χ2n) is 6.60. The lowest BCUT2D eigenvalue weighted by atomic mass is 9.64. The standard InChI is InChI=1S/C15H18F3NO2.C2H6/c1-9(2)12-3-10(15(16,17)18)6-19(13(12)20)11-4-14(5-11)7-21-8-14;1-2/h3,6,9,11H,4-5,7-8H2,1-2H3;1-2H3. The fourth-order valence-corrected chi connectivity index (χ4v) is 3.23. The molecular formula is C17H24F3NO2. The summed E-state index contributed by atoms with van der Waals surface area (Å²) < 4.78 is 45.5. The highest BCUT2D eigenvalue weighted by molar-refractivity contribution is 5.25. The van der Waals surface area contributed by atoms with E-state index in [0.717, 1.165) is 25.1 Å². The molecule has 3 nitrogen and oxygen atoms in total. The molecule has 1 aromatic heterocycles. The molecule has 0 atom stereocenters. The Morgan fingerprint density at radius 1 is 1.26 bits per heavy atom. The molecule has 0 amide bonds. The van der Waals surface area contributed by atoms with Gasteiger partial charge in [0.05, 0.1) is 18.8 Å². The lowest BCUT2D eigenvalue weighted by Crippen LogP contribution is -2.54. The first-order chi connectivity index (χ1) is 10.7. The van der Waals surface area contributed by atoms with Crippen LogP contribution >= 0.6 is 0 Å². The Bertz CT molecular complexity index is 607. The summed E-state index contributed by atoms with van der Waals surface area (Å²) in [6.07, 6.45) is -2.00. The molecule has 2 heterocycles. The minimum Gasteiger partial charge on any atom is -0.380 e. The van der Waals surface area contributed by atoms with Crippen LogP contribution in [0.1, 0.15) is 63.6 Å². The van der Waals surface area contributed by atoms with Crippen molar-refractivity contribution in [1.29, 1.82) is 0 Å². The molecular weight excluding hydrogens is 307 g/mol. The predicted octanol–water partition coefficient (Wildman–Crippen LogP) is 4.37. The molecule has 0 unspecified atom stereocenters. The monoisotopic (exact) mass is 331 g/mol. The smallest absolute Gasteiger partial charge is 0.380 e. The summed E-state index contributed by atoms with van der Waals surface area (Å²) in [5, 5.41) is 0. The quantitative estimate of drug-likeness (QED) is 0.806. The van der Waals surface area contributed by atoms with Gasteiger partial charge in [-0.2, -0.15) is 13.2 Å². The number of halogens is 3. The Labute approximate surface area is 134 Å². The van der Waals surface area contributed by atoms with E-state index in [1.807, 2.05) is 13.8 Å². The lowest BCUT2D eigenvalue weighted by molar-refractivity contribution is -0.175. The first-order valence-electron chi connectivity index (χ1n) is 8.13. The van der Waals surface area contributed by atoms with Gasteiger partial charge >= 0.3 is 6.18 Å². The molecule has 1 aromatic rings. The van der Waals surface area contributed by atoms with Crippen LogP contribution in [0.5, 0.6) is 0 Å². The zero-order valence-corrected chi connectivity index (χ0v) is 14.0. The van der Waals surface area contributed by atoms with Crippen LogP contribution in [0.4, 0.5) is 13.2 Å². The van der Waals surface area contributed by atoms with E-state index >= 15 is 0 Å². The van der Waals surface area contributed by atoms with Crippen molar-refractivity contribution < 1.29 is 17.9 Å². The maximum Gasteiger partial charge on any atom is 0.417 e. The molecule has 2 aliphatic rings. The Morgan fingerprint density at radius 2 is 1.83 bits per heavy atom. The minimum absolute atomic E-state index is 0.107. The van der Waals surface area contributed by atoms with Crippen LogP contribution in [0.3, 0.4) is 0 Å². The van der Waals surface area contributed by atoms with Crippen molar-refractivity contribution in [3.8, 4) is 0 Å². The van der Waals surface area contributed by atoms with Gasteiger partial charge in [0, 0.05) is 23.2 Å². The van der Waals surface area contributed by atoms with Crippen LogP contribution < -0.4 is 5.56 Å². The van der Waals surface area contributed by atoms with Crippen LogP contribution in [0, 0.1) is 5.41 Å². The Morgan fingerprint density at radius 3 is 2.22 bits per heavy atom. The lowest BCUT2D eigenvalue weighted by Gasteiger charge is -2.53. The molecule has 1 saturated heterocycles. The molecule has 1 aliphatic carbocycles. The van der Waals surface area contributed by atoms with Gasteiger partial charge in [0.2, 0.25) is 0 Å². The largest absolute Gasteiger partial charge is 0.417 e. The molecule has 0 bridgehead atoms. The summed E-state index contributed by atoms with van der Waals surface area (Å²) in [7, 11) is 0. The van der Waals surface area contributed by atoms with Gasteiger partial charge in [0.1, 0.15) is 0 Å². The third-order valence-electron chi connectivity index (χ3n) is 4.57. The maximum absolute atomic E-state index is 13.0. The molecule has 6 heteroatoms. The number of pyridine rings is 1. The molecule has 3 rings (SSSR count). The molecule has 1 spiro atoms. The third kappa shape index (κ3) is 3.32. The van der Waals surface area contributed by atoms with Gasteiger partial charge in [0.25, 0.3) is 5.56 Å². The normalized spacial score (nSPS) is 19.8. The number of hydrogen-bond donors (Lipinski definition) is 0. The highest BCUT2D eigenvalue weighted by Gasteiger charge is 2.51. The van der Waals surface area contributed by atoms with Gasteiger partial charge in [-0.25, -0.2) is 0 Å². The van der Waals surface area contributed by atoms with Gasteiger partial charge in [-0.3, -0.25) is 4.79 Å². The fraction of sp³-hybridized carbons (Fsp3) is 0.706. The number of ether oxygens (including phenoxy) is 1. The second kappa shape index (κ2) is 6.30. The van der Waals surface area contributed by atoms with E-state index in [9.17, 15) is 18.0 Å². The average Bonchev–Trinajstić information content (AvgIpc) is 2.38. The van der Waals surface area contributed by atoms with Gasteiger partial charge in [-0.05, 0) is 24.8 Å². The Balaban J connectivity index is 0.000000924. The Kier molecular flexibility index (Phi) is 4.95. The first-order valence-corrected chi connectivity index (χ1v) is 8.13. The molecule has 1 saturated carbocycles. The predicted molar refractivity (Wildman–Crippen MR) is 82.7 cm³/mol. The van der Waals surface area contributed by atoms with E-state index in [-0.39, 0.29) is 28.5 Å². The molecule has 130 valence electrons. The van der Waals surface area contributed by atoms with Gasteiger partial charge < -0.3 is 9.30 Å². The van der Waals surface area contributed by atoms with Crippen LogP contribution in [0.25, 0.3) is 0 Å². The summed E-state index contributed by atoms with van der Waals surface area (Å²) in [6, 6.07) is 0.853. The second-order valence-corrected chi connectivity index (χ2v) is 6.60. The topological polar surface area (TPSA) is 31.2 Å². The van der Waals surface area contributed by atoms with Crippen molar-refractivity contribution in [2.45, 2.75) is 58.7 Å². The number of rotatable bonds is 2. The third-order valence-corrected chi connectivity index (χ3v) is 4.57. The molecule has 0 N–H and O–H groups in total. The van der Waals surface area contributed by atoms with Crippen molar-refractivity contribution in [3.63, 3.8) is 0 Å². The van der Waals surface area contributed by atoms with Crippen LogP contribution in [0.2, 0.25) is 0 Å². The van der Waals surface area contributed by atoms with Crippen molar-refractivity contribution in [3.05, 3.63) is 33.7 Å². The van der Waals surface area contributed by atoms with Crippen molar-refractivity contribution in [2.75, 3.05) is 13.2 Å². The fourth-order valence-electron chi connectivity index (χ4n) is 3.23. The number of nitrogens with zero attached hydrogens (tertiary/aromatic N) is 1. The highest BCUT2D eigenvalue weighted by atomic mass is 19.4. The number of hydrogen-bond acceptors (Lipinski definition) is 2. The van der Waals surface area contributed by atoms with E-state index in [0.29, 0.717) is 13.2 Å². The van der Waals surface area contributed by atoms with Gasteiger partial charge in [0.15, 0.2) is 0 Å². The molecule has 1 aliphatic heterocycles. The summed E-state index contributed by atoms with van der Waals surface area (Å²) in [4.78, 5) is 12.4. The molecule has 0 radical (unpaired) electrons. The van der Waals surface area contributed by atoms with E-state index in [1.54, 1.807) is 13.8 Å². The van der Waals surface area contributed by atoms with E-state index in [2.05, 4.69) is 0 Å². The summed E-state index contributed by atoms with van der Waals surface area (Å²) in [5.74, 6) is -0.230. The Hall–Kier alpha value is -1.30. The van der Waals surface area contributed by atoms with E-state index in [1.165, 1.54) is 4.57 Å². The maximum atomic E-state index is 13.0. The zero-order valence-electron chi connectivity index (χ0n) is 14.0. The number of aromatic nitrogens is 1. The van der Waals surface area contributed by atoms with Crippen molar-refractivity contribution in [2.24, 2.45) is 5.41 Å². The number of alkyl halides is 3. The van der Waals surface area contributed by atoms with E-state index in [4.69, 9.17) is 4.74 Å². The van der Waals surface area contributed by atoms with Crippen molar-refractivity contribution >= 4 is 0 Å². The van der Waals surface area contributed by atoms with Crippen molar-refractivity contribution in [1.82, 2.24) is 4.57 Å². The summed E-state index contributed by atoms with van der Waals surface area (Å²) in [6.45, 7) is 8.80. The molecule has 2 fully saturated rings. The zero-order chi connectivity index (χ0) is 17.4. The average molecular weight is 331 g/mol. The first kappa shape index (κ1) is 18.0. The minimum atomic E-state index is -4.43. The summed E-state index contributed by atoms with van der Waals surface area (Å²) in [5.41, 5.74) is -0.693. The van der Waals surface area contributed by atoms with Gasteiger partial charge in [-0.15, -0.1) is 0 Å². The van der Waals surface area contributed by atoms with Crippen LogP contribution in [-0.2, 0) is 10.9 Å². The van der Waals surface area contributed by atoms with Crippen LogP contribution in [-0.4, -0.2) is 17.8 Å². The van der Waals surface area contributed by atoms with E-state index < -0.39 is 11.7 Å². The summed E-state index contributed by atoms with van der Waals surface area (Å²) >= 11 is 0.